The maximum atomic E-state index is 6.82. The maximum absolute atomic E-state index is 6.82. The first-order chi connectivity index (χ1) is 29.2. The molecule has 0 spiro atoms. The van der Waals surface area contributed by atoms with E-state index >= 15 is 0 Å². The first-order valence-electron chi connectivity index (χ1n) is 20.3. The van der Waals surface area contributed by atoms with Crippen LogP contribution in [-0.4, -0.2) is 16.1 Å². The third kappa shape index (κ3) is 6.65. The van der Waals surface area contributed by atoms with E-state index in [1.807, 2.05) is 0 Å². The Morgan fingerprint density at radius 3 is 1.76 bits per heavy atom. The maximum Gasteiger partial charge on any atom is 0.159 e. The molecule has 11 rings (SSSR count). The Morgan fingerprint density at radius 2 is 1.08 bits per heavy atom. The largest absolute Gasteiger partial charge is 0.454 e. The summed E-state index contributed by atoms with van der Waals surface area (Å²) in [5.41, 5.74) is 15.3. The van der Waals surface area contributed by atoms with Gasteiger partial charge in [-0.05, 0) is 76.2 Å². The van der Waals surface area contributed by atoms with Gasteiger partial charge in [-0.1, -0.05) is 169 Å². The Morgan fingerprint density at radius 1 is 0.508 bits per heavy atom. The molecule has 2 aromatic heterocycles. The van der Waals surface area contributed by atoms with Gasteiger partial charge in [-0.15, -0.1) is 0 Å². The molecule has 0 unspecified atom stereocenters. The number of hydrogen-bond acceptors (Lipinski definition) is 2. The van der Waals surface area contributed by atoms with Crippen LogP contribution in [0.5, 0.6) is 0 Å². The predicted octanol–water partition coefficient (Wildman–Crippen LogP) is 14.2. The molecule has 0 N–H and O–H groups in total. The topological polar surface area (TPSA) is 42.8 Å². The van der Waals surface area contributed by atoms with E-state index in [9.17, 15) is 0 Å². The van der Waals surface area contributed by atoms with Crippen molar-refractivity contribution >= 4 is 55.3 Å². The Hall–Kier alpha value is -7.56. The van der Waals surface area contributed by atoms with Crippen molar-refractivity contribution in [2.45, 2.75) is 19.4 Å². The summed E-state index contributed by atoms with van der Waals surface area (Å²) in [5, 5.41) is 4.63. The minimum absolute atomic E-state index is 0.446. The van der Waals surface area contributed by atoms with Crippen LogP contribution in [0.2, 0.25) is 0 Å². The third-order valence-corrected chi connectivity index (χ3v) is 11.4. The van der Waals surface area contributed by atoms with E-state index in [0.717, 1.165) is 85.0 Å². The molecule has 10 aromatic rings. The minimum Gasteiger partial charge on any atom is -0.454 e. The quantitative estimate of drug-likeness (QED) is 0.0821. The molecular formula is C55H39N3O. The molecule has 4 heteroatoms. The van der Waals surface area contributed by atoms with E-state index in [1.165, 1.54) is 27.5 Å². The minimum atomic E-state index is 0.446. The van der Waals surface area contributed by atoms with Gasteiger partial charge in [0.25, 0.3) is 0 Å². The van der Waals surface area contributed by atoms with Gasteiger partial charge < -0.3 is 8.98 Å². The summed E-state index contributed by atoms with van der Waals surface area (Å²) in [6.07, 6.45) is 4.11. The number of aromatic nitrogens is 1. The first-order valence-corrected chi connectivity index (χ1v) is 20.3. The normalized spacial score (nSPS) is 13.1. The average Bonchev–Trinajstić information content (AvgIpc) is 3.96. The Kier molecular flexibility index (Phi) is 8.66. The molecule has 0 amide bonds. The SMILES string of the molecule is C1=C(CC(=NC(=NCc2ccc3c(c2)oc2c(-n4c5ccccc5c5ccccc54)cccc23)c2cccc(-c3ccccc3)c2)c2cccc(-c3ccccc3)c2)C1. The molecular weight excluding hydrogens is 719 g/mol. The highest BCUT2D eigenvalue weighted by Crippen LogP contribution is 2.38. The van der Waals surface area contributed by atoms with Gasteiger partial charge in [-0.3, -0.25) is 4.99 Å². The molecule has 0 saturated carbocycles. The number of para-hydroxylation sites is 3. The van der Waals surface area contributed by atoms with Crippen LogP contribution in [0.4, 0.5) is 0 Å². The van der Waals surface area contributed by atoms with Gasteiger partial charge >= 0.3 is 0 Å². The number of fused-ring (bicyclic) bond motifs is 6. The number of rotatable bonds is 9. The van der Waals surface area contributed by atoms with E-state index in [0.29, 0.717) is 12.4 Å². The predicted molar refractivity (Wildman–Crippen MR) is 246 cm³/mol. The molecule has 0 aliphatic heterocycles. The van der Waals surface area contributed by atoms with Gasteiger partial charge in [0.05, 0.1) is 29.0 Å². The average molecular weight is 758 g/mol. The lowest BCUT2D eigenvalue weighted by molar-refractivity contribution is 0.665. The summed E-state index contributed by atoms with van der Waals surface area (Å²) in [5.74, 6) is 0.711. The molecule has 0 fully saturated rings. The van der Waals surface area contributed by atoms with Crippen molar-refractivity contribution in [2.24, 2.45) is 9.98 Å². The van der Waals surface area contributed by atoms with E-state index in [2.05, 4.69) is 205 Å². The van der Waals surface area contributed by atoms with Crippen LogP contribution in [0.1, 0.15) is 29.5 Å². The van der Waals surface area contributed by atoms with Gasteiger partial charge in [0.2, 0.25) is 0 Å². The number of aliphatic imine (C=N–C) groups is 2. The second kappa shape index (κ2) is 14.7. The number of benzene rings is 8. The summed E-state index contributed by atoms with van der Waals surface area (Å²) in [6.45, 7) is 0.446. The zero-order valence-corrected chi connectivity index (χ0v) is 32.4. The molecule has 0 radical (unpaired) electrons. The first kappa shape index (κ1) is 34.7. The van der Waals surface area contributed by atoms with Crippen molar-refractivity contribution in [3.63, 3.8) is 0 Å². The Balaban J connectivity index is 1.02. The molecule has 1 aliphatic rings. The Bertz CT molecular complexity index is 3240. The van der Waals surface area contributed by atoms with Crippen LogP contribution in [0.25, 0.3) is 71.7 Å². The second-order valence-electron chi connectivity index (χ2n) is 15.3. The fourth-order valence-corrected chi connectivity index (χ4v) is 8.38. The summed E-state index contributed by atoms with van der Waals surface area (Å²) in [7, 11) is 0. The smallest absolute Gasteiger partial charge is 0.159 e. The van der Waals surface area contributed by atoms with E-state index in [1.54, 1.807) is 0 Å². The van der Waals surface area contributed by atoms with E-state index in [4.69, 9.17) is 14.4 Å². The number of furan rings is 1. The standard InChI is InChI=1S/C55H39N3O/c1-3-14-39(15-4-1)41-18-11-20-43(34-41)49(32-37-28-29-37)57-55(44-21-12-19-42(35-44)40-16-5-2-6-17-40)56-36-38-30-31-47-48-24-13-27-52(54(48)59-53(47)33-38)58-50-25-9-7-22-45(50)46-23-8-10-26-51(46)58/h1-28,30-31,33-35H,29,32,36H2. The monoisotopic (exact) mass is 757 g/mol. The molecule has 0 bridgehead atoms. The number of allylic oxidation sites excluding steroid dienone is 2. The van der Waals surface area contributed by atoms with E-state index in [-0.39, 0.29) is 0 Å². The van der Waals surface area contributed by atoms with Crippen LogP contribution in [0.15, 0.2) is 220 Å². The molecule has 59 heavy (non-hydrogen) atoms. The lowest BCUT2D eigenvalue weighted by Crippen LogP contribution is -2.08. The summed E-state index contributed by atoms with van der Waals surface area (Å²) in [6, 6.07) is 68.6. The molecule has 280 valence electrons. The van der Waals surface area contributed by atoms with Crippen LogP contribution in [-0.2, 0) is 6.54 Å². The van der Waals surface area contributed by atoms with Gasteiger partial charge in [-0.2, -0.15) is 0 Å². The van der Waals surface area contributed by atoms with Crippen LogP contribution in [0, 0.1) is 0 Å². The van der Waals surface area contributed by atoms with Gasteiger partial charge in [-0.25, -0.2) is 4.99 Å². The van der Waals surface area contributed by atoms with Gasteiger partial charge in [0.15, 0.2) is 11.4 Å². The van der Waals surface area contributed by atoms with Crippen molar-refractivity contribution in [3.05, 3.63) is 222 Å². The zero-order chi connectivity index (χ0) is 39.1. The highest BCUT2D eigenvalue weighted by molar-refractivity contribution is 6.14. The summed E-state index contributed by atoms with van der Waals surface area (Å²) < 4.78 is 9.15. The number of amidine groups is 1. The van der Waals surface area contributed by atoms with Crippen LogP contribution < -0.4 is 0 Å². The van der Waals surface area contributed by atoms with Crippen molar-refractivity contribution < 1.29 is 4.42 Å². The van der Waals surface area contributed by atoms with Crippen molar-refractivity contribution in [1.82, 2.24) is 4.57 Å². The molecule has 4 nitrogen and oxygen atoms in total. The highest BCUT2D eigenvalue weighted by atomic mass is 16.3. The van der Waals surface area contributed by atoms with Crippen LogP contribution >= 0.6 is 0 Å². The molecule has 2 heterocycles. The van der Waals surface area contributed by atoms with Gasteiger partial charge in [0.1, 0.15) is 5.58 Å². The van der Waals surface area contributed by atoms with Crippen LogP contribution in [0.3, 0.4) is 0 Å². The Labute approximate surface area is 342 Å². The lowest BCUT2D eigenvalue weighted by Gasteiger charge is -2.11. The van der Waals surface area contributed by atoms with Crippen molar-refractivity contribution in [3.8, 4) is 27.9 Å². The van der Waals surface area contributed by atoms with Crippen molar-refractivity contribution in [2.75, 3.05) is 0 Å². The molecule has 8 aromatic carbocycles. The summed E-state index contributed by atoms with van der Waals surface area (Å²) >= 11 is 0. The van der Waals surface area contributed by atoms with E-state index < -0.39 is 0 Å². The molecule has 0 atom stereocenters. The number of hydrogen-bond donors (Lipinski definition) is 0. The van der Waals surface area contributed by atoms with Gasteiger partial charge in [0, 0.05) is 33.5 Å². The fraction of sp³-hybridized carbons (Fsp3) is 0.0545. The fourth-order valence-electron chi connectivity index (χ4n) is 8.38. The molecule has 1 aliphatic carbocycles. The third-order valence-electron chi connectivity index (χ3n) is 11.4. The second-order valence-corrected chi connectivity index (χ2v) is 15.3. The summed E-state index contributed by atoms with van der Waals surface area (Å²) in [4.78, 5) is 10.8. The van der Waals surface area contributed by atoms with Crippen molar-refractivity contribution in [1.29, 1.82) is 0 Å². The number of nitrogens with zero attached hydrogens (tertiary/aromatic N) is 3. The molecule has 0 saturated heterocycles. The highest BCUT2D eigenvalue weighted by Gasteiger charge is 2.19. The lowest BCUT2D eigenvalue weighted by atomic mass is 9.99. The zero-order valence-electron chi connectivity index (χ0n) is 32.4.